The molecule has 3 aliphatic rings. The molecule has 2 saturated carbocycles. The van der Waals surface area contributed by atoms with Crippen molar-refractivity contribution in [2.24, 2.45) is 29.1 Å². The van der Waals surface area contributed by atoms with Gasteiger partial charge in [-0.2, -0.15) is 0 Å². The van der Waals surface area contributed by atoms with Gasteiger partial charge in [0.05, 0.1) is 23.0 Å². The van der Waals surface area contributed by atoms with E-state index in [-0.39, 0.29) is 24.8 Å². The molecule has 0 radical (unpaired) electrons. The summed E-state index contributed by atoms with van der Waals surface area (Å²) in [5.41, 5.74) is -3.73. The van der Waals surface area contributed by atoms with Crippen LogP contribution in [0.4, 0.5) is 0 Å². The molecular formula is C22H29O9-. The van der Waals surface area contributed by atoms with E-state index in [1.54, 1.807) is 6.92 Å². The Morgan fingerprint density at radius 1 is 1.39 bits per heavy atom. The van der Waals surface area contributed by atoms with Crippen molar-refractivity contribution in [3.8, 4) is 0 Å². The Morgan fingerprint density at radius 2 is 2.00 bits per heavy atom. The van der Waals surface area contributed by atoms with Crippen molar-refractivity contribution in [2.45, 2.75) is 70.9 Å². The minimum atomic E-state index is -2.02. The first-order valence-corrected chi connectivity index (χ1v) is 10.5. The number of aliphatic carboxylic acids is 1. The Hall–Kier alpha value is -2.26. The highest BCUT2D eigenvalue weighted by Gasteiger charge is 2.72. The SMILES string of the molecule is C=C1C(=O)O[C@@H]2[C@@H](C)[C@@H]3[C@H](O)CC(=O)[C@@]3(C)[C@](O)(CCC(C)C(=O)[O-])[C@H]1[C@@H]2OC(C)=O. The number of hydrogen-bond acceptors (Lipinski definition) is 9. The number of rotatable bonds is 5. The standard InChI is InChI=1S/C22H30O9/c1-9(19(26)27)6-7-22(29)16-11(3)20(28)31-17(18(16)30-12(4)23)10(2)15-13(24)8-14(25)21(15,22)5/h9-10,13,15-18,24,29H,3,6-8H2,1-2,4-5H3,(H,26,27)/p-1/t9?,10-,13+,15+,16+,17+,18-,21+,22-/m0/s1. The Balaban J connectivity index is 2.24. The predicted molar refractivity (Wildman–Crippen MR) is 103 cm³/mol. The number of aliphatic hydroxyl groups excluding tert-OH is 1. The Kier molecular flexibility index (Phi) is 5.82. The largest absolute Gasteiger partial charge is 0.550 e. The van der Waals surface area contributed by atoms with E-state index in [0.717, 1.165) is 0 Å². The molecule has 0 aromatic heterocycles. The van der Waals surface area contributed by atoms with Crippen molar-refractivity contribution in [2.75, 3.05) is 0 Å². The van der Waals surface area contributed by atoms with Crippen LogP contribution in [-0.4, -0.2) is 57.8 Å². The van der Waals surface area contributed by atoms with Gasteiger partial charge in [0.1, 0.15) is 18.0 Å². The highest BCUT2D eigenvalue weighted by Crippen LogP contribution is 2.62. The molecule has 2 aliphatic carbocycles. The van der Waals surface area contributed by atoms with Crippen molar-refractivity contribution in [3.63, 3.8) is 0 Å². The van der Waals surface area contributed by atoms with E-state index in [9.17, 15) is 34.5 Å². The summed E-state index contributed by atoms with van der Waals surface area (Å²) in [6.45, 7) is 9.56. The first-order valence-electron chi connectivity index (χ1n) is 10.5. The van der Waals surface area contributed by atoms with Crippen LogP contribution < -0.4 is 5.11 Å². The van der Waals surface area contributed by atoms with Crippen molar-refractivity contribution in [3.05, 3.63) is 12.2 Å². The summed E-state index contributed by atoms with van der Waals surface area (Å²) >= 11 is 0. The monoisotopic (exact) mass is 437 g/mol. The zero-order chi connectivity index (χ0) is 23.5. The summed E-state index contributed by atoms with van der Waals surface area (Å²) in [5, 5.41) is 34.3. The first kappa shape index (κ1) is 23.4. The molecule has 0 spiro atoms. The molecule has 9 atom stereocenters. The molecule has 31 heavy (non-hydrogen) atoms. The third-order valence-electron chi connectivity index (χ3n) is 7.75. The molecular weight excluding hydrogens is 408 g/mol. The number of carbonyl (C=O) groups is 4. The Bertz CT molecular complexity index is 835. The van der Waals surface area contributed by atoms with Gasteiger partial charge in [-0.3, -0.25) is 9.59 Å². The van der Waals surface area contributed by atoms with Gasteiger partial charge >= 0.3 is 11.9 Å². The highest BCUT2D eigenvalue weighted by molar-refractivity contribution is 5.93. The van der Waals surface area contributed by atoms with Crippen molar-refractivity contribution in [1.82, 2.24) is 0 Å². The van der Waals surface area contributed by atoms with Crippen LogP contribution in [0.2, 0.25) is 0 Å². The molecule has 9 heteroatoms. The molecule has 172 valence electrons. The number of ketones is 1. The van der Waals surface area contributed by atoms with E-state index in [1.807, 2.05) is 0 Å². The lowest BCUT2D eigenvalue weighted by Gasteiger charge is -2.50. The normalized spacial score (nSPS) is 43.0. The predicted octanol–water partition coefficient (Wildman–Crippen LogP) is -0.481. The number of Topliss-reactive ketones (excluding diaryl/α,β-unsaturated/α-hetero) is 1. The number of fused-ring (bicyclic) bond motifs is 3. The van der Waals surface area contributed by atoms with Crippen LogP contribution in [0.3, 0.4) is 0 Å². The molecule has 1 heterocycles. The van der Waals surface area contributed by atoms with Crippen LogP contribution in [-0.2, 0) is 28.7 Å². The van der Waals surface area contributed by atoms with Crippen molar-refractivity contribution >= 4 is 23.7 Å². The van der Waals surface area contributed by atoms with Crippen LogP contribution >= 0.6 is 0 Å². The second kappa shape index (κ2) is 7.70. The van der Waals surface area contributed by atoms with Crippen LogP contribution in [0, 0.1) is 29.1 Å². The van der Waals surface area contributed by atoms with Crippen molar-refractivity contribution < 1.29 is 44.0 Å². The summed E-state index contributed by atoms with van der Waals surface area (Å²) in [7, 11) is 0. The lowest BCUT2D eigenvalue weighted by atomic mass is 9.57. The molecule has 2 N–H and O–H groups in total. The molecule has 2 bridgehead atoms. The van der Waals surface area contributed by atoms with Gasteiger partial charge in [0.25, 0.3) is 0 Å². The number of aliphatic hydroxyl groups is 2. The number of ether oxygens (including phenoxy) is 2. The lowest BCUT2D eigenvalue weighted by Crippen LogP contribution is -2.62. The molecule has 0 amide bonds. The van der Waals surface area contributed by atoms with Crippen LogP contribution in [0.5, 0.6) is 0 Å². The Labute approximate surface area is 180 Å². The summed E-state index contributed by atoms with van der Waals surface area (Å²) < 4.78 is 11.0. The van der Waals surface area contributed by atoms with Gasteiger partial charge in [0, 0.05) is 36.7 Å². The minimum absolute atomic E-state index is 0.0603. The second-order valence-electron chi connectivity index (χ2n) is 9.41. The van der Waals surface area contributed by atoms with Gasteiger partial charge in [-0.15, -0.1) is 0 Å². The maximum atomic E-state index is 13.2. The average Bonchev–Trinajstić information content (AvgIpc) is 2.88. The maximum absolute atomic E-state index is 13.2. The molecule has 3 rings (SSSR count). The van der Waals surface area contributed by atoms with Gasteiger partial charge in [-0.1, -0.05) is 20.4 Å². The number of carboxylic acid groups (broad SMARTS) is 1. The van der Waals surface area contributed by atoms with Gasteiger partial charge in [0.2, 0.25) is 0 Å². The topological polar surface area (TPSA) is 150 Å². The van der Waals surface area contributed by atoms with E-state index in [1.165, 1.54) is 20.8 Å². The lowest BCUT2D eigenvalue weighted by molar-refractivity contribution is -0.311. The fourth-order valence-corrected chi connectivity index (χ4v) is 6.08. The Morgan fingerprint density at radius 3 is 2.55 bits per heavy atom. The van der Waals surface area contributed by atoms with Gasteiger partial charge in [-0.05, 0) is 25.7 Å². The fourth-order valence-electron chi connectivity index (χ4n) is 6.08. The smallest absolute Gasteiger partial charge is 0.334 e. The summed E-state index contributed by atoms with van der Waals surface area (Å²) in [4.78, 5) is 49.1. The van der Waals surface area contributed by atoms with Crippen LogP contribution in [0.1, 0.15) is 47.0 Å². The number of esters is 2. The molecule has 9 nitrogen and oxygen atoms in total. The summed E-state index contributed by atoms with van der Waals surface area (Å²) in [5.74, 6) is -6.79. The van der Waals surface area contributed by atoms with Crippen LogP contribution in [0.15, 0.2) is 12.2 Å². The summed E-state index contributed by atoms with van der Waals surface area (Å²) in [6.07, 6.45) is -3.71. The second-order valence-corrected chi connectivity index (χ2v) is 9.41. The zero-order valence-corrected chi connectivity index (χ0v) is 18.1. The quantitative estimate of drug-likeness (QED) is 0.429. The van der Waals surface area contributed by atoms with E-state index in [2.05, 4.69) is 6.58 Å². The fraction of sp³-hybridized carbons (Fsp3) is 0.727. The summed E-state index contributed by atoms with van der Waals surface area (Å²) in [6, 6.07) is 0. The third kappa shape index (κ3) is 3.29. The number of hydrogen-bond donors (Lipinski definition) is 2. The zero-order valence-electron chi connectivity index (χ0n) is 18.1. The minimum Gasteiger partial charge on any atom is -0.550 e. The van der Waals surface area contributed by atoms with Gasteiger partial charge in [0.15, 0.2) is 0 Å². The number of carbonyl (C=O) groups excluding carboxylic acids is 4. The molecule has 0 aromatic rings. The van der Waals surface area contributed by atoms with E-state index < -0.39 is 76.7 Å². The molecule has 1 unspecified atom stereocenters. The highest BCUT2D eigenvalue weighted by atomic mass is 16.6. The molecule has 0 aromatic carbocycles. The van der Waals surface area contributed by atoms with E-state index >= 15 is 0 Å². The van der Waals surface area contributed by atoms with Gasteiger partial charge < -0.3 is 29.6 Å². The van der Waals surface area contributed by atoms with Crippen LogP contribution in [0.25, 0.3) is 0 Å². The van der Waals surface area contributed by atoms with E-state index in [4.69, 9.17) is 9.47 Å². The first-order chi connectivity index (χ1) is 14.3. The maximum Gasteiger partial charge on any atom is 0.334 e. The number of carboxylic acids is 1. The van der Waals surface area contributed by atoms with Gasteiger partial charge in [-0.25, -0.2) is 4.79 Å². The van der Waals surface area contributed by atoms with E-state index in [0.29, 0.717) is 0 Å². The van der Waals surface area contributed by atoms with Crippen molar-refractivity contribution in [1.29, 1.82) is 0 Å². The molecule has 3 fully saturated rings. The average molecular weight is 437 g/mol. The molecule has 1 aliphatic heterocycles. The molecule has 1 saturated heterocycles. The third-order valence-corrected chi connectivity index (χ3v) is 7.75.